The summed E-state index contributed by atoms with van der Waals surface area (Å²) in [5.74, 6) is 0.0529. The molecule has 24 heavy (non-hydrogen) atoms. The summed E-state index contributed by atoms with van der Waals surface area (Å²) in [6.45, 7) is 6.01. The lowest BCUT2D eigenvalue weighted by Crippen LogP contribution is -2.11. The number of rotatable bonds is 4. The van der Waals surface area contributed by atoms with Gasteiger partial charge in [-0.2, -0.15) is 0 Å². The topological polar surface area (TPSA) is 32.9 Å². The van der Waals surface area contributed by atoms with Crippen molar-refractivity contribution < 1.29 is 4.39 Å². The van der Waals surface area contributed by atoms with Gasteiger partial charge in [-0.3, -0.25) is 4.79 Å². The highest BCUT2D eigenvalue weighted by molar-refractivity contribution is 5.79. The average molecular weight is 323 g/mol. The van der Waals surface area contributed by atoms with E-state index in [9.17, 15) is 9.18 Å². The highest BCUT2D eigenvalue weighted by atomic mass is 19.1. The van der Waals surface area contributed by atoms with Gasteiger partial charge in [0.25, 0.3) is 5.56 Å². The second-order valence-electron chi connectivity index (χ2n) is 6.57. The van der Waals surface area contributed by atoms with Gasteiger partial charge in [0.1, 0.15) is 5.82 Å². The summed E-state index contributed by atoms with van der Waals surface area (Å²) >= 11 is 0. The van der Waals surface area contributed by atoms with Gasteiger partial charge in [0.2, 0.25) is 0 Å². The molecule has 3 heteroatoms. The summed E-state index contributed by atoms with van der Waals surface area (Å²) < 4.78 is 13.6. The molecule has 1 atom stereocenters. The number of aromatic amines is 1. The van der Waals surface area contributed by atoms with E-state index in [-0.39, 0.29) is 17.3 Å². The van der Waals surface area contributed by atoms with Crippen molar-refractivity contribution in [3.8, 4) is 0 Å². The van der Waals surface area contributed by atoms with Crippen LogP contribution in [0.25, 0.3) is 10.9 Å². The Balaban J connectivity index is 1.92. The van der Waals surface area contributed by atoms with Crippen molar-refractivity contribution in [2.45, 2.75) is 39.5 Å². The maximum atomic E-state index is 13.6. The number of aromatic nitrogens is 1. The number of hydrogen-bond donors (Lipinski definition) is 1. The lowest BCUT2D eigenvalue weighted by Gasteiger charge is -2.14. The Kier molecular flexibility index (Phi) is 4.52. The van der Waals surface area contributed by atoms with Gasteiger partial charge in [-0.1, -0.05) is 32.0 Å². The SMILES string of the molecule is CCc1cc2ccc([C@H](C)Cc3cc(C)cc(F)c3)cc2[nH]c1=O. The van der Waals surface area contributed by atoms with Crippen LogP contribution in [0.4, 0.5) is 4.39 Å². The first kappa shape index (κ1) is 16.4. The van der Waals surface area contributed by atoms with Crippen molar-refractivity contribution in [1.29, 1.82) is 0 Å². The monoisotopic (exact) mass is 323 g/mol. The van der Waals surface area contributed by atoms with Crippen LogP contribution in [-0.2, 0) is 12.8 Å². The zero-order valence-electron chi connectivity index (χ0n) is 14.3. The van der Waals surface area contributed by atoms with E-state index < -0.39 is 0 Å². The van der Waals surface area contributed by atoms with E-state index in [1.165, 1.54) is 0 Å². The van der Waals surface area contributed by atoms with Crippen LogP contribution in [0.2, 0.25) is 0 Å². The molecule has 0 amide bonds. The molecule has 0 saturated carbocycles. The Morgan fingerprint density at radius 2 is 1.92 bits per heavy atom. The van der Waals surface area contributed by atoms with Crippen LogP contribution in [0.5, 0.6) is 0 Å². The van der Waals surface area contributed by atoms with Crippen LogP contribution in [0.15, 0.2) is 47.3 Å². The van der Waals surface area contributed by atoms with E-state index >= 15 is 0 Å². The first-order valence-electron chi connectivity index (χ1n) is 8.38. The van der Waals surface area contributed by atoms with Crippen molar-refractivity contribution in [2.75, 3.05) is 0 Å². The molecule has 0 bridgehead atoms. The van der Waals surface area contributed by atoms with E-state index in [4.69, 9.17) is 0 Å². The van der Waals surface area contributed by atoms with E-state index in [1.807, 2.05) is 38.1 Å². The third-order valence-electron chi connectivity index (χ3n) is 4.54. The molecule has 0 fully saturated rings. The minimum Gasteiger partial charge on any atom is -0.322 e. The number of halogens is 1. The van der Waals surface area contributed by atoms with E-state index in [0.717, 1.165) is 46.0 Å². The number of fused-ring (bicyclic) bond motifs is 1. The number of benzene rings is 2. The first-order valence-corrected chi connectivity index (χ1v) is 8.38. The Hall–Kier alpha value is -2.42. The van der Waals surface area contributed by atoms with Crippen LogP contribution in [0.3, 0.4) is 0 Å². The smallest absolute Gasteiger partial charge is 0.251 e. The molecule has 0 unspecified atom stereocenters. The second kappa shape index (κ2) is 6.60. The Bertz CT molecular complexity index is 922. The number of hydrogen-bond acceptors (Lipinski definition) is 1. The number of aryl methyl sites for hydroxylation is 2. The molecule has 2 nitrogen and oxygen atoms in total. The summed E-state index contributed by atoms with van der Waals surface area (Å²) in [6, 6.07) is 13.3. The molecule has 1 heterocycles. The zero-order chi connectivity index (χ0) is 17.3. The van der Waals surface area contributed by atoms with Gasteiger partial charge in [-0.15, -0.1) is 0 Å². The summed E-state index contributed by atoms with van der Waals surface area (Å²) in [6.07, 6.45) is 1.49. The third kappa shape index (κ3) is 3.40. The van der Waals surface area contributed by atoms with Crippen molar-refractivity contribution in [1.82, 2.24) is 4.98 Å². The van der Waals surface area contributed by atoms with E-state index in [1.54, 1.807) is 12.1 Å². The van der Waals surface area contributed by atoms with Gasteiger partial charge in [-0.25, -0.2) is 4.39 Å². The number of H-pyrrole nitrogens is 1. The standard InChI is InChI=1S/C21H22FNO/c1-4-16-11-18-6-5-17(12-20(18)23-21(16)24)14(3)9-15-7-13(2)8-19(22)10-15/h5-8,10-12,14H,4,9H2,1-3H3,(H,23,24)/t14-/m1/s1. The van der Waals surface area contributed by atoms with Crippen molar-refractivity contribution in [3.05, 3.63) is 80.9 Å². The molecule has 0 spiro atoms. The van der Waals surface area contributed by atoms with Crippen LogP contribution < -0.4 is 5.56 Å². The summed E-state index contributed by atoms with van der Waals surface area (Å²) in [5.41, 5.74) is 4.72. The molecule has 124 valence electrons. The van der Waals surface area contributed by atoms with Gasteiger partial charge in [0.15, 0.2) is 0 Å². The van der Waals surface area contributed by atoms with Gasteiger partial charge < -0.3 is 4.98 Å². The van der Waals surface area contributed by atoms with Crippen molar-refractivity contribution in [3.63, 3.8) is 0 Å². The molecule has 2 aromatic carbocycles. The molecular formula is C21H22FNO. The van der Waals surface area contributed by atoms with Gasteiger partial charge in [0, 0.05) is 11.1 Å². The molecular weight excluding hydrogens is 301 g/mol. The summed E-state index contributed by atoms with van der Waals surface area (Å²) in [5, 5.41) is 1.05. The first-order chi connectivity index (χ1) is 11.5. The normalized spacial score (nSPS) is 12.5. The zero-order valence-corrected chi connectivity index (χ0v) is 14.3. The lowest BCUT2D eigenvalue weighted by molar-refractivity contribution is 0.622. The highest BCUT2D eigenvalue weighted by Crippen LogP contribution is 2.24. The lowest BCUT2D eigenvalue weighted by atomic mass is 9.92. The van der Waals surface area contributed by atoms with Crippen LogP contribution >= 0.6 is 0 Å². The molecule has 3 aromatic rings. The molecule has 0 aliphatic carbocycles. The fourth-order valence-electron chi connectivity index (χ4n) is 3.23. The van der Waals surface area contributed by atoms with Crippen molar-refractivity contribution >= 4 is 10.9 Å². The minimum atomic E-state index is -0.188. The molecule has 3 rings (SSSR count). The van der Waals surface area contributed by atoms with Gasteiger partial charge in [0.05, 0.1) is 0 Å². The Labute approximate surface area is 141 Å². The number of pyridine rings is 1. The van der Waals surface area contributed by atoms with Crippen LogP contribution in [0.1, 0.15) is 42.0 Å². The van der Waals surface area contributed by atoms with Gasteiger partial charge in [-0.05, 0) is 72.0 Å². The molecule has 0 saturated heterocycles. The molecule has 0 aliphatic heterocycles. The fraction of sp³-hybridized carbons (Fsp3) is 0.286. The minimum absolute atomic E-state index is 0.0180. The average Bonchev–Trinajstić information content (AvgIpc) is 2.52. The molecule has 1 N–H and O–H groups in total. The maximum absolute atomic E-state index is 13.6. The molecule has 0 radical (unpaired) electrons. The molecule has 1 aromatic heterocycles. The largest absolute Gasteiger partial charge is 0.322 e. The van der Waals surface area contributed by atoms with Crippen molar-refractivity contribution in [2.24, 2.45) is 0 Å². The predicted octanol–water partition coefficient (Wildman–Crippen LogP) is 4.88. The Morgan fingerprint density at radius 3 is 2.62 bits per heavy atom. The van der Waals surface area contributed by atoms with E-state index in [2.05, 4.69) is 18.0 Å². The van der Waals surface area contributed by atoms with Crippen LogP contribution in [0, 0.1) is 12.7 Å². The third-order valence-corrected chi connectivity index (χ3v) is 4.54. The van der Waals surface area contributed by atoms with E-state index in [0.29, 0.717) is 0 Å². The Morgan fingerprint density at radius 1 is 1.12 bits per heavy atom. The highest BCUT2D eigenvalue weighted by Gasteiger charge is 2.10. The number of nitrogens with one attached hydrogen (secondary N) is 1. The second-order valence-corrected chi connectivity index (χ2v) is 6.57. The quantitative estimate of drug-likeness (QED) is 0.729. The van der Waals surface area contributed by atoms with Crippen LogP contribution in [-0.4, -0.2) is 4.98 Å². The summed E-state index contributed by atoms with van der Waals surface area (Å²) in [4.78, 5) is 15.0. The fourth-order valence-corrected chi connectivity index (χ4v) is 3.23. The maximum Gasteiger partial charge on any atom is 0.251 e. The molecule has 0 aliphatic rings. The predicted molar refractivity (Wildman–Crippen MR) is 97.2 cm³/mol. The van der Waals surface area contributed by atoms with Gasteiger partial charge >= 0.3 is 0 Å². The summed E-state index contributed by atoms with van der Waals surface area (Å²) in [7, 11) is 0.